The number of nitrogens with zero attached hydrogens (tertiary/aromatic N) is 2. The number of anilines is 2. The highest BCUT2D eigenvalue weighted by Gasteiger charge is 2.10. The molecule has 0 fully saturated rings. The van der Waals surface area contributed by atoms with Gasteiger partial charge in [0, 0.05) is 18.3 Å². The predicted octanol–water partition coefficient (Wildman–Crippen LogP) is 3.28. The Morgan fingerprint density at radius 2 is 1.89 bits per heavy atom. The minimum atomic E-state index is -0.311. The summed E-state index contributed by atoms with van der Waals surface area (Å²) in [4.78, 5) is 12.5. The van der Waals surface area contributed by atoms with Gasteiger partial charge in [0.1, 0.15) is 18.2 Å². The van der Waals surface area contributed by atoms with E-state index in [0.29, 0.717) is 23.1 Å². The van der Waals surface area contributed by atoms with Crippen molar-refractivity contribution in [2.75, 3.05) is 11.9 Å². The van der Waals surface area contributed by atoms with Crippen molar-refractivity contribution in [3.63, 3.8) is 0 Å². The van der Waals surface area contributed by atoms with Gasteiger partial charge in [0.2, 0.25) is 0 Å². The normalized spacial score (nSPS) is 9.74. The van der Waals surface area contributed by atoms with Crippen LogP contribution in [0.25, 0.3) is 0 Å². The summed E-state index contributed by atoms with van der Waals surface area (Å²) in [7, 11) is 1.78. The summed E-state index contributed by atoms with van der Waals surface area (Å²) < 4.78 is 12.9. The molecule has 4 heteroatoms. The lowest BCUT2D eigenvalue weighted by molar-refractivity contribution is 0.112. The van der Waals surface area contributed by atoms with Crippen LogP contribution in [0.1, 0.15) is 15.9 Å². The van der Waals surface area contributed by atoms with E-state index in [1.54, 1.807) is 36.2 Å². The molecule has 0 aliphatic rings. The second-order valence-electron chi connectivity index (χ2n) is 4.04. The molecule has 0 aliphatic carbocycles. The molecule has 0 unspecified atom stereocenters. The Morgan fingerprint density at radius 1 is 1.21 bits per heavy atom. The van der Waals surface area contributed by atoms with Crippen molar-refractivity contribution < 1.29 is 9.18 Å². The highest BCUT2D eigenvalue weighted by atomic mass is 19.1. The first-order valence-electron chi connectivity index (χ1n) is 5.64. The van der Waals surface area contributed by atoms with Crippen LogP contribution in [-0.2, 0) is 0 Å². The maximum absolute atomic E-state index is 12.9. The second-order valence-corrected chi connectivity index (χ2v) is 4.04. The number of carbonyl (C=O) groups is 1. The van der Waals surface area contributed by atoms with E-state index in [2.05, 4.69) is 6.07 Å². The first-order chi connectivity index (χ1) is 9.15. The summed E-state index contributed by atoms with van der Waals surface area (Å²) in [6.07, 6.45) is 0.697. The van der Waals surface area contributed by atoms with Crippen LogP contribution in [0, 0.1) is 17.1 Å². The molecule has 0 N–H and O–H groups in total. The van der Waals surface area contributed by atoms with E-state index in [4.69, 9.17) is 5.26 Å². The fourth-order valence-electron chi connectivity index (χ4n) is 1.81. The minimum absolute atomic E-state index is 0.311. The van der Waals surface area contributed by atoms with Crippen molar-refractivity contribution in [1.29, 1.82) is 5.26 Å². The Morgan fingerprint density at radius 3 is 2.47 bits per heavy atom. The van der Waals surface area contributed by atoms with Crippen LogP contribution in [-0.4, -0.2) is 13.3 Å². The van der Waals surface area contributed by atoms with Gasteiger partial charge in [-0.15, -0.1) is 0 Å². The van der Waals surface area contributed by atoms with Gasteiger partial charge in [0.15, 0.2) is 0 Å². The third-order valence-electron chi connectivity index (χ3n) is 2.85. The van der Waals surface area contributed by atoms with Crippen molar-refractivity contribution in [2.45, 2.75) is 0 Å². The zero-order valence-corrected chi connectivity index (χ0v) is 10.3. The molecule has 0 bridgehead atoms. The fraction of sp³-hybridized carbons (Fsp3) is 0.0667. The molecular formula is C15H11FN2O. The lowest BCUT2D eigenvalue weighted by atomic mass is 10.1. The van der Waals surface area contributed by atoms with E-state index in [9.17, 15) is 9.18 Å². The highest BCUT2D eigenvalue weighted by Crippen LogP contribution is 2.27. The van der Waals surface area contributed by atoms with Gasteiger partial charge in [-0.1, -0.05) is 0 Å². The molecule has 0 amide bonds. The number of rotatable bonds is 3. The maximum atomic E-state index is 12.9. The van der Waals surface area contributed by atoms with Gasteiger partial charge in [0.05, 0.1) is 11.3 Å². The van der Waals surface area contributed by atoms with Crippen LogP contribution in [0.3, 0.4) is 0 Å². The molecule has 2 aromatic rings. The number of nitriles is 1. The molecule has 2 rings (SSSR count). The molecule has 0 saturated carbocycles. The average Bonchev–Trinajstić information content (AvgIpc) is 2.46. The smallest absolute Gasteiger partial charge is 0.150 e. The second kappa shape index (κ2) is 5.32. The van der Waals surface area contributed by atoms with Gasteiger partial charge in [-0.05, 0) is 42.5 Å². The third-order valence-corrected chi connectivity index (χ3v) is 2.85. The molecule has 0 radical (unpaired) electrons. The number of benzene rings is 2. The Labute approximate surface area is 110 Å². The number of aldehydes is 1. The van der Waals surface area contributed by atoms with E-state index >= 15 is 0 Å². The van der Waals surface area contributed by atoms with Crippen molar-refractivity contribution >= 4 is 17.7 Å². The molecule has 19 heavy (non-hydrogen) atoms. The molecule has 0 atom stereocenters. The summed E-state index contributed by atoms with van der Waals surface area (Å²) in [5.41, 5.74) is 2.28. The molecular weight excluding hydrogens is 243 g/mol. The maximum Gasteiger partial charge on any atom is 0.150 e. The van der Waals surface area contributed by atoms with E-state index in [0.717, 1.165) is 5.69 Å². The Hall–Kier alpha value is -2.67. The highest BCUT2D eigenvalue weighted by molar-refractivity contribution is 5.79. The third kappa shape index (κ3) is 2.61. The van der Waals surface area contributed by atoms with Crippen LogP contribution < -0.4 is 4.90 Å². The van der Waals surface area contributed by atoms with Gasteiger partial charge in [-0.25, -0.2) is 4.39 Å². The first-order valence-corrected chi connectivity index (χ1v) is 5.64. The van der Waals surface area contributed by atoms with Crippen molar-refractivity contribution in [1.82, 2.24) is 0 Å². The van der Waals surface area contributed by atoms with Crippen LogP contribution >= 0.6 is 0 Å². The Kier molecular flexibility index (Phi) is 3.58. The number of hydrogen-bond acceptors (Lipinski definition) is 3. The van der Waals surface area contributed by atoms with E-state index in [1.807, 2.05) is 0 Å². The molecule has 0 spiro atoms. The largest absolute Gasteiger partial charge is 0.344 e. The minimum Gasteiger partial charge on any atom is -0.344 e. The molecule has 0 saturated heterocycles. The number of carbonyl (C=O) groups excluding carboxylic acids is 1. The summed E-state index contributed by atoms with van der Waals surface area (Å²) in [6.45, 7) is 0. The SMILES string of the molecule is CN(c1ccc(F)cc1)c1ccc(C=O)cc1C#N. The molecule has 0 heterocycles. The Balaban J connectivity index is 2.44. The summed E-state index contributed by atoms with van der Waals surface area (Å²) in [5, 5.41) is 9.13. The topological polar surface area (TPSA) is 44.1 Å². The monoisotopic (exact) mass is 254 g/mol. The van der Waals surface area contributed by atoms with Crippen molar-refractivity contribution in [2.24, 2.45) is 0 Å². The fourth-order valence-corrected chi connectivity index (χ4v) is 1.81. The summed E-state index contributed by atoms with van der Waals surface area (Å²) >= 11 is 0. The molecule has 0 aliphatic heterocycles. The van der Waals surface area contributed by atoms with Gasteiger partial charge in [0.25, 0.3) is 0 Å². The lowest BCUT2D eigenvalue weighted by Crippen LogP contribution is -2.11. The summed E-state index contributed by atoms with van der Waals surface area (Å²) in [6, 6.07) is 12.9. The number of hydrogen-bond donors (Lipinski definition) is 0. The standard InChI is InChI=1S/C15H11FN2O/c1-18(14-5-3-13(16)4-6-14)15-7-2-11(10-19)8-12(15)9-17/h2-8,10H,1H3. The quantitative estimate of drug-likeness (QED) is 0.789. The zero-order chi connectivity index (χ0) is 13.8. The van der Waals surface area contributed by atoms with Gasteiger partial charge in [-0.3, -0.25) is 4.79 Å². The zero-order valence-electron chi connectivity index (χ0n) is 10.3. The Bertz CT molecular complexity index is 644. The number of halogens is 1. The summed E-state index contributed by atoms with van der Waals surface area (Å²) in [5.74, 6) is -0.311. The van der Waals surface area contributed by atoms with Gasteiger partial charge in [-0.2, -0.15) is 5.26 Å². The van der Waals surface area contributed by atoms with Crippen LogP contribution in [0.5, 0.6) is 0 Å². The van der Waals surface area contributed by atoms with E-state index in [-0.39, 0.29) is 5.82 Å². The van der Waals surface area contributed by atoms with E-state index < -0.39 is 0 Å². The first kappa shape index (κ1) is 12.8. The average molecular weight is 254 g/mol. The van der Waals surface area contributed by atoms with Crippen molar-refractivity contribution in [3.05, 3.63) is 59.4 Å². The molecule has 3 nitrogen and oxygen atoms in total. The van der Waals surface area contributed by atoms with Crippen LogP contribution in [0.4, 0.5) is 15.8 Å². The van der Waals surface area contributed by atoms with Crippen molar-refractivity contribution in [3.8, 4) is 6.07 Å². The molecule has 2 aromatic carbocycles. The predicted molar refractivity (Wildman–Crippen MR) is 71.0 cm³/mol. The van der Waals surface area contributed by atoms with Gasteiger partial charge < -0.3 is 4.90 Å². The molecule has 0 aromatic heterocycles. The van der Waals surface area contributed by atoms with E-state index in [1.165, 1.54) is 18.2 Å². The van der Waals surface area contributed by atoms with Crippen LogP contribution in [0.15, 0.2) is 42.5 Å². The molecule has 94 valence electrons. The van der Waals surface area contributed by atoms with Gasteiger partial charge >= 0.3 is 0 Å². The van der Waals surface area contributed by atoms with Crippen LogP contribution in [0.2, 0.25) is 0 Å². The lowest BCUT2D eigenvalue weighted by Gasteiger charge is -2.20.